The molecule has 3 nitrogen and oxygen atoms in total. The summed E-state index contributed by atoms with van der Waals surface area (Å²) in [5.41, 5.74) is -0.724. The van der Waals surface area contributed by atoms with Gasteiger partial charge in [-0.05, 0) is 50.2 Å². The summed E-state index contributed by atoms with van der Waals surface area (Å²) in [7, 11) is 1.74. The van der Waals surface area contributed by atoms with Crippen molar-refractivity contribution in [3.05, 3.63) is 0 Å². The molecule has 17 heavy (non-hydrogen) atoms. The molecule has 102 valence electrons. The fourth-order valence-corrected chi connectivity index (χ4v) is 2.93. The van der Waals surface area contributed by atoms with Crippen LogP contribution in [-0.4, -0.2) is 35.2 Å². The SMILES string of the molecule is CCC(CCCSCCC(C)C)(NC)C(=O)O. The van der Waals surface area contributed by atoms with Crippen LogP contribution in [0.3, 0.4) is 0 Å². The van der Waals surface area contributed by atoms with Crippen LogP contribution >= 0.6 is 11.8 Å². The van der Waals surface area contributed by atoms with Crippen LogP contribution in [0.15, 0.2) is 0 Å². The van der Waals surface area contributed by atoms with E-state index in [-0.39, 0.29) is 0 Å². The summed E-state index contributed by atoms with van der Waals surface area (Å²) in [4.78, 5) is 11.2. The van der Waals surface area contributed by atoms with Crippen molar-refractivity contribution < 1.29 is 9.90 Å². The van der Waals surface area contributed by atoms with Crippen molar-refractivity contribution in [3.8, 4) is 0 Å². The molecule has 0 aromatic heterocycles. The number of nitrogens with one attached hydrogen (secondary N) is 1. The van der Waals surface area contributed by atoms with E-state index in [0.29, 0.717) is 12.8 Å². The maximum absolute atomic E-state index is 11.2. The van der Waals surface area contributed by atoms with Gasteiger partial charge in [0.2, 0.25) is 0 Å². The summed E-state index contributed by atoms with van der Waals surface area (Å²) >= 11 is 1.93. The lowest BCUT2D eigenvalue weighted by molar-refractivity contribution is -0.145. The minimum Gasteiger partial charge on any atom is -0.480 e. The van der Waals surface area contributed by atoms with Crippen LogP contribution in [0, 0.1) is 5.92 Å². The number of hydrogen-bond donors (Lipinski definition) is 2. The van der Waals surface area contributed by atoms with Gasteiger partial charge in [-0.15, -0.1) is 0 Å². The highest BCUT2D eigenvalue weighted by Crippen LogP contribution is 2.20. The van der Waals surface area contributed by atoms with Crippen LogP contribution in [0.2, 0.25) is 0 Å². The Morgan fingerprint density at radius 2 is 2.06 bits per heavy atom. The number of thioether (sulfide) groups is 1. The number of hydrogen-bond acceptors (Lipinski definition) is 3. The molecule has 1 unspecified atom stereocenters. The Bertz CT molecular complexity index is 215. The van der Waals surface area contributed by atoms with Gasteiger partial charge >= 0.3 is 5.97 Å². The van der Waals surface area contributed by atoms with E-state index in [1.165, 1.54) is 12.2 Å². The first-order valence-corrected chi connectivity index (χ1v) is 7.64. The molecule has 0 aromatic carbocycles. The highest BCUT2D eigenvalue weighted by Gasteiger charge is 2.33. The van der Waals surface area contributed by atoms with Crippen LogP contribution in [0.4, 0.5) is 0 Å². The Morgan fingerprint density at radius 1 is 1.41 bits per heavy atom. The molecule has 0 aliphatic rings. The van der Waals surface area contributed by atoms with Gasteiger partial charge in [-0.25, -0.2) is 0 Å². The van der Waals surface area contributed by atoms with Gasteiger partial charge in [-0.2, -0.15) is 11.8 Å². The third-order valence-corrected chi connectivity index (χ3v) is 4.32. The van der Waals surface area contributed by atoms with Crippen LogP contribution < -0.4 is 5.32 Å². The van der Waals surface area contributed by atoms with Crippen molar-refractivity contribution in [2.24, 2.45) is 5.92 Å². The second-order valence-corrected chi connectivity index (χ2v) is 6.11. The summed E-state index contributed by atoms with van der Waals surface area (Å²) in [6, 6.07) is 0. The zero-order chi connectivity index (χ0) is 13.3. The number of likely N-dealkylation sites (N-methyl/N-ethyl adjacent to an activating group) is 1. The molecule has 0 saturated heterocycles. The lowest BCUT2D eigenvalue weighted by Gasteiger charge is -2.27. The van der Waals surface area contributed by atoms with E-state index in [1.54, 1.807) is 7.05 Å². The number of carboxylic acids is 1. The molecule has 0 aliphatic heterocycles. The molecule has 4 heteroatoms. The largest absolute Gasteiger partial charge is 0.480 e. The average Bonchev–Trinajstić information content (AvgIpc) is 2.28. The van der Waals surface area contributed by atoms with Crippen molar-refractivity contribution in [1.29, 1.82) is 0 Å². The van der Waals surface area contributed by atoms with Gasteiger partial charge in [-0.3, -0.25) is 4.79 Å². The Labute approximate surface area is 110 Å². The molecule has 0 spiro atoms. The smallest absolute Gasteiger partial charge is 0.323 e. The van der Waals surface area contributed by atoms with Crippen LogP contribution in [0.25, 0.3) is 0 Å². The molecule has 0 fully saturated rings. The number of carbonyl (C=O) groups is 1. The Balaban J connectivity index is 3.80. The monoisotopic (exact) mass is 261 g/mol. The van der Waals surface area contributed by atoms with E-state index in [2.05, 4.69) is 19.2 Å². The number of carboxylic acid groups (broad SMARTS) is 1. The normalized spacial score (nSPS) is 14.9. The summed E-state index contributed by atoms with van der Waals surface area (Å²) in [5, 5.41) is 12.2. The third-order valence-electron chi connectivity index (χ3n) is 3.22. The number of aliphatic carboxylic acids is 1. The highest BCUT2D eigenvalue weighted by atomic mass is 32.2. The van der Waals surface area contributed by atoms with E-state index in [4.69, 9.17) is 0 Å². The van der Waals surface area contributed by atoms with Gasteiger partial charge in [0, 0.05) is 0 Å². The van der Waals surface area contributed by atoms with Crippen LogP contribution in [-0.2, 0) is 4.79 Å². The molecule has 0 aromatic rings. The maximum atomic E-state index is 11.2. The Hall–Kier alpha value is -0.220. The van der Waals surface area contributed by atoms with Gasteiger partial charge < -0.3 is 10.4 Å². The van der Waals surface area contributed by atoms with Crippen LogP contribution in [0.5, 0.6) is 0 Å². The Morgan fingerprint density at radius 3 is 2.47 bits per heavy atom. The Kier molecular flexibility index (Phi) is 8.70. The molecule has 0 amide bonds. The topological polar surface area (TPSA) is 49.3 Å². The summed E-state index contributed by atoms with van der Waals surface area (Å²) < 4.78 is 0. The zero-order valence-corrected chi connectivity index (χ0v) is 12.4. The van der Waals surface area contributed by atoms with Gasteiger partial charge in [-0.1, -0.05) is 20.8 Å². The molecular formula is C13H27NO2S. The predicted octanol–water partition coefficient (Wildman–Crippen LogP) is 3.00. The lowest BCUT2D eigenvalue weighted by atomic mass is 9.91. The van der Waals surface area contributed by atoms with Crippen molar-refractivity contribution in [3.63, 3.8) is 0 Å². The minimum atomic E-state index is -0.727. The highest BCUT2D eigenvalue weighted by molar-refractivity contribution is 7.99. The minimum absolute atomic E-state index is 0.634. The average molecular weight is 261 g/mol. The van der Waals surface area contributed by atoms with Gasteiger partial charge in [0.1, 0.15) is 5.54 Å². The van der Waals surface area contributed by atoms with Gasteiger partial charge in [0.05, 0.1) is 0 Å². The van der Waals surface area contributed by atoms with Crippen molar-refractivity contribution in [2.75, 3.05) is 18.6 Å². The second kappa shape index (κ2) is 8.81. The second-order valence-electron chi connectivity index (χ2n) is 4.89. The predicted molar refractivity (Wildman–Crippen MR) is 75.7 cm³/mol. The van der Waals surface area contributed by atoms with Crippen molar-refractivity contribution in [1.82, 2.24) is 5.32 Å². The summed E-state index contributed by atoms with van der Waals surface area (Å²) in [6.07, 6.45) is 3.55. The van der Waals surface area contributed by atoms with Crippen LogP contribution in [0.1, 0.15) is 46.5 Å². The fraction of sp³-hybridized carbons (Fsp3) is 0.923. The summed E-state index contributed by atoms with van der Waals surface area (Å²) in [5.74, 6) is 2.27. The standard InChI is InChI=1S/C13H27NO2S/c1-5-13(14-4,12(15)16)8-6-9-17-10-7-11(2)3/h11,14H,5-10H2,1-4H3,(H,15,16). The van der Waals surface area contributed by atoms with Crippen molar-refractivity contribution >= 4 is 17.7 Å². The van der Waals surface area contributed by atoms with Crippen molar-refractivity contribution in [2.45, 2.75) is 52.0 Å². The first-order chi connectivity index (χ1) is 7.98. The molecule has 0 radical (unpaired) electrons. The first kappa shape index (κ1) is 16.8. The first-order valence-electron chi connectivity index (χ1n) is 6.48. The van der Waals surface area contributed by atoms with E-state index in [0.717, 1.165) is 18.1 Å². The summed E-state index contributed by atoms with van der Waals surface area (Å²) in [6.45, 7) is 6.39. The van der Waals surface area contributed by atoms with E-state index in [1.807, 2.05) is 18.7 Å². The number of rotatable bonds is 10. The molecule has 0 saturated carbocycles. The van der Waals surface area contributed by atoms with E-state index >= 15 is 0 Å². The van der Waals surface area contributed by atoms with Gasteiger partial charge in [0.15, 0.2) is 0 Å². The lowest BCUT2D eigenvalue weighted by Crippen LogP contribution is -2.49. The molecule has 2 N–H and O–H groups in total. The van der Waals surface area contributed by atoms with E-state index < -0.39 is 11.5 Å². The molecule has 0 rings (SSSR count). The quantitative estimate of drug-likeness (QED) is 0.594. The maximum Gasteiger partial charge on any atom is 0.323 e. The molecule has 0 bridgehead atoms. The van der Waals surface area contributed by atoms with Gasteiger partial charge in [0.25, 0.3) is 0 Å². The molecular weight excluding hydrogens is 234 g/mol. The molecule has 0 aliphatic carbocycles. The third kappa shape index (κ3) is 6.32. The fourth-order valence-electron chi connectivity index (χ4n) is 1.74. The molecule has 1 atom stereocenters. The van der Waals surface area contributed by atoms with E-state index in [9.17, 15) is 9.90 Å². The molecule has 0 heterocycles. The zero-order valence-electron chi connectivity index (χ0n) is 11.6.